The van der Waals surface area contributed by atoms with Gasteiger partial charge in [-0.15, -0.1) is 0 Å². The quantitative estimate of drug-likeness (QED) is 0.407. The topological polar surface area (TPSA) is 83.5 Å². The lowest BCUT2D eigenvalue weighted by Crippen LogP contribution is -2.32. The first-order valence-electron chi connectivity index (χ1n) is 10.3. The van der Waals surface area contributed by atoms with Crippen LogP contribution in [0.2, 0.25) is 0 Å². The van der Waals surface area contributed by atoms with Crippen molar-refractivity contribution in [1.82, 2.24) is 4.72 Å². The van der Waals surface area contributed by atoms with E-state index in [4.69, 9.17) is 5.11 Å². The van der Waals surface area contributed by atoms with Crippen LogP contribution in [-0.2, 0) is 14.8 Å². The second-order valence-electron chi connectivity index (χ2n) is 7.98. The van der Waals surface area contributed by atoms with E-state index in [1.165, 1.54) is 19.3 Å². The molecule has 0 radical (unpaired) electrons. The van der Waals surface area contributed by atoms with Crippen LogP contribution in [0.25, 0.3) is 0 Å². The Morgan fingerprint density at radius 1 is 1.14 bits per heavy atom. The largest absolute Gasteiger partial charge is 0.481 e. The maximum Gasteiger partial charge on any atom is 0.303 e. The lowest BCUT2D eigenvalue weighted by atomic mass is 9.69. The highest BCUT2D eigenvalue weighted by Crippen LogP contribution is 2.42. The highest BCUT2D eigenvalue weighted by molar-refractivity contribution is 7.89. The molecule has 0 saturated heterocycles. The van der Waals surface area contributed by atoms with Crippen LogP contribution in [0.5, 0.6) is 0 Å². The summed E-state index contributed by atoms with van der Waals surface area (Å²) in [6.45, 7) is 2.38. The number of hydrogen-bond donors (Lipinski definition) is 2. The van der Waals surface area contributed by atoms with Crippen LogP contribution in [0.4, 0.5) is 0 Å². The third-order valence-electron chi connectivity index (χ3n) is 5.67. The highest BCUT2D eigenvalue weighted by atomic mass is 32.2. The summed E-state index contributed by atoms with van der Waals surface area (Å²) in [6, 6.07) is 6.92. The number of nitrogens with one attached hydrogen (secondary N) is 1. The fourth-order valence-electron chi connectivity index (χ4n) is 3.93. The van der Waals surface area contributed by atoms with Gasteiger partial charge in [-0.05, 0) is 63.0 Å². The molecule has 1 aliphatic carbocycles. The number of rotatable bonds is 11. The fraction of sp³-hybridized carbons (Fsp3) is 0.591. The van der Waals surface area contributed by atoms with Crippen LogP contribution in [0.1, 0.15) is 69.8 Å². The minimum Gasteiger partial charge on any atom is -0.481 e. The predicted molar refractivity (Wildman–Crippen MR) is 112 cm³/mol. The Morgan fingerprint density at radius 3 is 2.46 bits per heavy atom. The van der Waals surface area contributed by atoms with Gasteiger partial charge >= 0.3 is 5.97 Å². The van der Waals surface area contributed by atoms with Gasteiger partial charge in [0, 0.05) is 13.0 Å². The van der Waals surface area contributed by atoms with E-state index in [2.05, 4.69) is 16.9 Å². The van der Waals surface area contributed by atoms with Gasteiger partial charge in [-0.25, -0.2) is 13.1 Å². The number of unbranched alkanes of at least 4 members (excludes halogenated alkanes) is 1. The third-order valence-corrected chi connectivity index (χ3v) is 7.15. The van der Waals surface area contributed by atoms with Gasteiger partial charge in [0.2, 0.25) is 10.0 Å². The molecule has 0 spiro atoms. The number of carboxylic acid groups (broad SMARTS) is 1. The summed E-state index contributed by atoms with van der Waals surface area (Å²) in [5.74, 6) is -0.752. The van der Waals surface area contributed by atoms with Crippen LogP contribution in [0, 0.1) is 12.3 Å². The molecule has 0 amide bonds. The maximum absolute atomic E-state index is 12.5. The molecule has 1 saturated carbocycles. The van der Waals surface area contributed by atoms with Crippen LogP contribution in [0.15, 0.2) is 41.3 Å². The van der Waals surface area contributed by atoms with Gasteiger partial charge < -0.3 is 5.11 Å². The summed E-state index contributed by atoms with van der Waals surface area (Å²) >= 11 is 0. The molecule has 0 unspecified atom stereocenters. The van der Waals surface area contributed by atoms with Crippen LogP contribution >= 0.6 is 0 Å². The van der Waals surface area contributed by atoms with E-state index in [-0.39, 0.29) is 11.8 Å². The van der Waals surface area contributed by atoms with Crippen molar-refractivity contribution in [2.45, 2.75) is 76.0 Å². The summed E-state index contributed by atoms with van der Waals surface area (Å²) in [5.41, 5.74) is 1.19. The average Bonchev–Trinajstić information content (AvgIpc) is 2.65. The summed E-state index contributed by atoms with van der Waals surface area (Å²) in [4.78, 5) is 10.9. The smallest absolute Gasteiger partial charge is 0.303 e. The lowest BCUT2D eigenvalue weighted by molar-refractivity contribution is -0.137. The van der Waals surface area contributed by atoms with Crippen molar-refractivity contribution in [3.8, 4) is 0 Å². The van der Waals surface area contributed by atoms with E-state index in [0.29, 0.717) is 17.9 Å². The van der Waals surface area contributed by atoms with Crippen molar-refractivity contribution >= 4 is 16.0 Å². The molecule has 0 aromatic heterocycles. The standard InChI is InChI=1S/C22H33NO4S/c1-19-10-12-20(13-11-19)28(26,27)23-18-17-22(15-7-4-8-16-22)14-6-3-2-5-9-21(24)25/h3,6,10-13,23H,2,4-5,7-9,14-18H2,1H3,(H,24,25)/b6-3-. The first kappa shape index (κ1) is 22.6. The number of aryl methyl sites for hydroxylation is 1. The van der Waals surface area contributed by atoms with Gasteiger partial charge in [0.05, 0.1) is 4.90 Å². The molecule has 1 aliphatic rings. The summed E-state index contributed by atoms with van der Waals surface area (Å²) in [7, 11) is -3.47. The van der Waals surface area contributed by atoms with Crippen LogP contribution in [-0.4, -0.2) is 26.0 Å². The number of aliphatic carboxylic acids is 1. The number of hydrogen-bond acceptors (Lipinski definition) is 3. The van der Waals surface area contributed by atoms with E-state index in [1.807, 2.05) is 19.1 Å². The van der Waals surface area contributed by atoms with Crippen molar-refractivity contribution in [1.29, 1.82) is 0 Å². The zero-order chi connectivity index (χ0) is 20.5. The summed E-state index contributed by atoms with van der Waals surface area (Å²) in [5, 5.41) is 8.69. The van der Waals surface area contributed by atoms with Gasteiger partial charge in [-0.2, -0.15) is 0 Å². The van der Waals surface area contributed by atoms with Crippen molar-refractivity contribution in [2.75, 3.05) is 6.54 Å². The fourth-order valence-corrected chi connectivity index (χ4v) is 4.96. The number of sulfonamides is 1. The Hall–Kier alpha value is -1.66. The molecule has 5 nitrogen and oxygen atoms in total. The Balaban J connectivity index is 1.88. The van der Waals surface area contributed by atoms with Gasteiger partial charge in [-0.1, -0.05) is 49.1 Å². The van der Waals surface area contributed by atoms with Crippen molar-refractivity contribution in [3.63, 3.8) is 0 Å². The first-order chi connectivity index (χ1) is 13.3. The molecule has 2 N–H and O–H groups in total. The second-order valence-corrected chi connectivity index (χ2v) is 9.75. The molecule has 0 aliphatic heterocycles. The molecule has 6 heteroatoms. The lowest BCUT2D eigenvalue weighted by Gasteiger charge is -2.37. The van der Waals surface area contributed by atoms with Gasteiger partial charge in [0.1, 0.15) is 0 Å². The van der Waals surface area contributed by atoms with Gasteiger partial charge in [0.15, 0.2) is 0 Å². The molecular formula is C22H33NO4S. The minimum absolute atomic E-state index is 0.150. The normalized spacial score (nSPS) is 17.0. The monoisotopic (exact) mass is 407 g/mol. The Labute approximate surface area is 169 Å². The maximum atomic E-state index is 12.5. The molecule has 1 aromatic carbocycles. The molecule has 156 valence electrons. The first-order valence-corrected chi connectivity index (χ1v) is 11.7. The second kappa shape index (κ2) is 10.8. The molecule has 0 heterocycles. The van der Waals surface area contributed by atoms with Crippen molar-refractivity contribution in [2.24, 2.45) is 5.41 Å². The third kappa shape index (κ3) is 7.40. The SMILES string of the molecule is Cc1ccc(S(=O)(=O)NCCC2(C/C=C\CCCC(=O)O)CCCCC2)cc1. The van der Waals surface area contributed by atoms with E-state index >= 15 is 0 Å². The summed E-state index contributed by atoms with van der Waals surface area (Å²) < 4.78 is 27.8. The molecule has 1 fully saturated rings. The average molecular weight is 408 g/mol. The van der Waals surface area contributed by atoms with E-state index in [1.54, 1.807) is 12.1 Å². The Morgan fingerprint density at radius 2 is 1.82 bits per heavy atom. The Bertz CT molecular complexity index is 747. The van der Waals surface area contributed by atoms with Crippen molar-refractivity contribution in [3.05, 3.63) is 42.0 Å². The zero-order valence-electron chi connectivity index (χ0n) is 16.8. The zero-order valence-corrected chi connectivity index (χ0v) is 17.6. The van der Waals surface area contributed by atoms with Crippen LogP contribution < -0.4 is 4.72 Å². The predicted octanol–water partition coefficient (Wildman–Crippen LogP) is 4.82. The molecule has 1 aromatic rings. The number of allylic oxidation sites excluding steroid dienone is 2. The molecular weight excluding hydrogens is 374 g/mol. The highest BCUT2D eigenvalue weighted by Gasteiger charge is 2.30. The van der Waals surface area contributed by atoms with Crippen LogP contribution in [0.3, 0.4) is 0 Å². The summed E-state index contributed by atoms with van der Waals surface area (Å²) in [6.07, 6.45) is 13.5. The minimum atomic E-state index is -3.47. The van der Waals surface area contributed by atoms with E-state index in [9.17, 15) is 13.2 Å². The van der Waals surface area contributed by atoms with Crippen molar-refractivity contribution < 1.29 is 18.3 Å². The van der Waals surface area contributed by atoms with E-state index < -0.39 is 16.0 Å². The Kier molecular flexibility index (Phi) is 8.70. The molecule has 28 heavy (non-hydrogen) atoms. The van der Waals surface area contributed by atoms with Gasteiger partial charge in [-0.3, -0.25) is 4.79 Å². The van der Waals surface area contributed by atoms with E-state index in [0.717, 1.165) is 37.7 Å². The number of carboxylic acids is 1. The van der Waals surface area contributed by atoms with Gasteiger partial charge in [0.25, 0.3) is 0 Å². The number of carbonyl (C=O) groups is 1. The number of benzene rings is 1. The molecule has 0 atom stereocenters. The molecule has 0 bridgehead atoms. The molecule has 2 rings (SSSR count).